The van der Waals surface area contributed by atoms with Crippen molar-refractivity contribution in [3.8, 4) is 0 Å². The molecule has 1 saturated heterocycles. The van der Waals surface area contributed by atoms with Gasteiger partial charge in [0, 0.05) is 25.0 Å². The maximum atomic E-state index is 12.0. The lowest BCUT2D eigenvalue weighted by Gasteiger charge is -2.21. The van der Waals surface area contributed by atoms with Gasteiger partial charge in [-0.2, -0.15) is 0 Å². The summed E-state index contributed by atoms with van der Waals surface area (Å²) in [7, 11) is -2.10. The lowest BCUT2D eigenvalue weighted by Crippen LogP contribution is -2.29. The van der Waals surface area contributed by atoms with Gasteiger partial charge in [-0.05, 0) is 28.3 Å². The van der Waals surface area contributed by atoms with Gasteiger partial charge in [0.25, 0.3) is 0 Å². The topological polar surface area (TPSA) is 63.7 Å². The van der Waals surface area contributed by atoms with Crippen molar-refractivity contribution >= 4 is 25.8 Å². The van der Waals surface area contributed by atoms with Crippen LogP contribution in [0.4, 0.5) is 4.79 Å². The smallest absolute Gasteiger partial charge is 0.410 e. The molecule has 1 fully saturated rings. The fraction of sp³-hybridized carbons (Fsp3) is 0.500. The van der Waals surface area contributed by atoms with Crippen molar-refractivity contribution in [3.63, 3.8) is 0 Å². The highest BCUT2D eigenvalue weighted by Crippen LogP contribution is 2.42. The first-order chi connectivity index (χ1) is 9.96. The standard InChI is InChI=1S/C14H17NO4S2/c1-21(17,18)20-8-4-7-15-13-11-6-3-2-5-10(11)9-12(13)19-14(15)16/h2-3,5-6,12-13H,4,7-9H2,1H3/t12-,13+/m1/s1. The zero-order chi connectivity index (χ0) is 15.0. The molecule has 0 spiro atoms. The molecule has 1 amide bonds. The Bertz CT molecular complexity index is 659. The second-order valence-corrected chi connectivity index (χ2v) is 9.92. The number of rotatable bonds is 5. The lowest BCUT2D eigenvalue weighted by molar-refractivity contribution is 0.132. The van der Waals surface area contributed by atoms with E-state index in [2.05, 4.69) is 6.07 Å². The Labute approximate surface area is 128 Å². The third-order valence-electron chi connectivity index (χ3n) is 3.81. The van der Waals surface area contributed by atoms with E-state index in [9.17, 15) is 13.2 Å². The van der Waals surface area contributed by atoms with Gasteiger partial charge in [-0.3, -0.25) is 4.90 Å². The maximum absolute atomic E-state index is 12.0. The Hall–Kier alpha value is -1.21. The molecule has 1 heterocycles. The molecule has 0 bridgehead atoms. The number of carbonyl (C=O) groups excluding carboxylic acids is 1. The van der Waals surface area contributed by atoms with E-state index >= 15 is 0 Å². The molecule has 1 aliphatic carbocycles. The van der Waals surface area contributed by atoms with Crippen LogP contribution in [0.1, 0.15) is 23.6 Å². The summed E-state index contributed by atoms with van der Waals surface area (Å²) in [6, 6.07) is 8.06. The molecule has 1 aromatic carbocycles. The number of amides is 1. The zero-order valence-corrected chi connectivity index (χ0v) is 13.3. The van der Waals surface area contributed by atoms with Crippen LogP contribution in [0, 0.1) is 0 Å². The molecule has 0 saturated carbocycles. The van der Waals surface area contributed by atoms with Crippen molar-refractivity contribution < 1.29 is 17.9 Å². The highest BCUT2D eigenvalue weighted by atomic mass is 33.1. The molecule has 0 radical (unpaired) electrons. The SMILES string of the molecule is CS(=O)(=O)SCCCN1C(=O)O[C@@H]2Cc3ccccc3[C@@H]21. The van der Waals surface area contributed by atoms with Gasteiger partial charge in [-0.1, -0.05) is 24.3 Å². The van der Waals surface area contributed by atoms with Gasteiger partial charge in [-0.25, -0.2) is 13.2 Å². The van der Waals surface area contributed by atoms with Crippen molar-refractivity contribution in [2.45, 2.75) is 25.0 Å². The van der Waals surface area contributed by atoms with Gasteiger partial charge in [0.05, 0.1) is 6.04 Å². The summed E-state index contributed by atoms with van der Waals surface area (Å²) < 4.78 is 27.6. The van der Waals surface area contributed by atoms with E-state index in [0.29, 0.717) is 18.7 Å². The van der Waals surface area contributed by atoms with Gasteiger partial charge < -0.3 is 4.74 Å². The second-order valence-electron chi connectivity index (χ2n) is 5.34. The summed E-state index contributed by atoms with van der Waals surface area (Å²) in [5.41, 5.74) is 2.39. The minimum atomic E-state index is -3.02. The minimum absolute atomic E-state index is 0.0167. The summed E-state index contributed by atoms with van der Waals surface area (Å²) in [4.78, 5) is 13.7. The Morgan fingerprint density at radius 1 is 1.38 bits per heavy atom. The lowest BCUT2D eigenvalue weighted by atomic mass is 10.1. The molecule has 0 aromatic heterocycles. The highest BCUT2D eigenvalue weighted by Gasteiger charge is 2.47. The first kappa shape index (κ1) is 14.7. The van der Waals surface area contributed by atoms with E-state index in [1.165, 1.54) is 11.8 Å². The summed E-state index contributed by atoms with van der Waals surface area (Å²) in [5.74, 6) is 0.488. The van der Waals surface area contributed by atoms with Crippen LogP contribution in [-0.2, 0) is 20.0 Å². The van der Waals surface area contributed by atoms with Crippen molar-refractivity contribution in [2.75, 3.05) is 18.6 Å². The number of ether oxygens (including phenoxy) is 1. The first-order valence-electron chi connectivity index (χ1n) is 6.85. The molecule has 0 unspecified atom stereocenters. The Balaban J connectivity index is 1.67. The van der Waals surface area contributed by atoms with Crippen LogP contribution in [0.25, 0.3) is 0 Å². The molecular weight excluding hydrogens is 310 g/mol. The van der Waals surface area contributed by atoms with Crippen molar-refractivity contribution in [1.82, 2.24) is 4.90 Å². The first-order valence-corrected chi connectivity index (χ1v) is 10.2. The van der Waals surface area contributed by atoms with Crippen molar-refractivity contribution in [1.29, 1.82) is 0 Å². The summed E-state index contributed by atoms with van der Waals surface area (Å²) in [6.45, 7) is 0.525. The van der Waals surface area contributed by atoms with Crippen LogP contribution in [0.15, 0.2) is 24.3 Å². The number of hydrogen-bond donors (Lipinski definition) is 0. The molecule has 2 aliphatic rings. The quantitative estimate of drug-likeness (QED) is 0.613. The van der Waals surface area contributed by atoms with Crippen LogP contribution in [0.3, 0.4) is 0 Å². The molecule has 7 heteroatoms. The number of benzene rings is 1. The van der Waals surface area contributed by atoms with Crippen LogP contribution in [-0.4, -0.2) is 44.1 Å². The molecule has 3 rings (SSSR count). The predicted molar refractivity (Wildman–Crippen MR) is 81.8 cm³/mol. The van der Waals surface area contributed by atoms with E-state index in [0.717, 1.165) is 22.8 Å². The molecule has 21 heavy (non-hydrogen) atoms. The Morgan fingerprint density at radius 2 is 2.14 bits per heavy atom. The van der Waals surface area contributed by atoms with Crippen LogP contribution >= 0.6 is 10.8 Å². The number of fused-ring (bicyclic) bond motifs is 3. The Morgan fingerprint density at radius 3 is 2.90 bits per heavy atom. The van der Waals surface area contributed by atoms with Gasteiger partial charge in [0.2, 0.25) is 0 Å². The predicted octanol–water partition coefficient (Wildman–Crippen LogP) is 2.19. The summed E-state index contributed by atoms with van der Waals surface area (Å²) >= 11 is 0. The van der Waals surface area contributed by atoms with Crippen LogP contribution in [0.5, 0.6) is 0 Å². The van der Waals surface area contributed by atoms with E-state index in [4.69, 9.17) is 4.74 Å². The zero-order valence-electron chi connectivity index (χ0n) is 11.7. The van der Waals surface area contributed by atoms with E-state index in [-0.39, 0.29) is 18.2 Å². The number of nitrogens with zero attached hydrogens (tertiary/aromatic N) is 1. The third-order valence-corrected chi connectivity index (χ3v) is 6.48. The van der Waals surface area contributed by atoms with Gasteiger partial charge >= 0.3 is 6.09 Å². The molecule has 1 aliphatic heterocycles. The molecule has 1 aromatic rings. The van der Waals surface area contributed by atoms with E-state index in [1.807, 2.05) is 18.2 Å². The minimum Gasteiger partial charge on any atom is -0.443 e. The van der Waals surface area contributed by atoms with Crippen molar-refractivity contribution in [2.24, 2.45) is 0 Å². The normalized spacial score (nSPS) is 23.9. The fourth-order valence-corrected chi connectivity index (χ4v) is 4.81. The Kier molecular flexibility index (Phi) is 3.88. The number of carbonyl (C=O) groups is 1. The van der Waals surface area contributed by atoms with Crippen molar-refractivity contribution in [3.05, 3.63) is 35.4 Å². The van der Waals surface area contributed by atoms with Crippen LogP contribution in [0.2, 0.25) is 0 Å². The third kappa shape index (κ3) is 3.03. The molecule has 0 N–H and O–H groups in total. The maximum Gasteiger partial charge on any atom is 0.410 e. The second kappa shape index (κ2) is 5.53. The summed E-state index contributed by atoms with van der Waals surface area (Å²) in [6.07, 6.45) is 2.21. The van der Waals surface area contributed by atoms with Gasteiger partial charge in [-0.15, -0.1) is 0 Å². The van der Waals surface area contributed by atoms with Crippen LogP contribution < -0.4 is 0 Å². The number of hydrogen-bond acceptors (Lipinski definition) is 5. The largest absolute Gasteiger partial charge is 0.443 e. The monoisotopic (exact) mass is 327 g/mol. The molecular formula is C14H17NO4S2. The van der Waals surface area contributed by atoms with Gasteiger partial charge in [0.15, 0.2) is 8.87 Å². The summed E-state index contributed by atoms with van der Waals surface area (Å²) in [5, 5.41) is 0. The molecule has 5 nitrogen and oxygen atoms in total. The highest BCUT2D eigenvalue weighted by molar-refractivity contribution is 8.71. The molecule has 114 valence electrons. The van der Waals surface area contributed by atoms with E-state index in [1.54, 1.807) is 4.90 Å². The molecule has 2 atom stereocenters. The average Bonchev–Trinajstić information content (AvgIpc) is 2.89. The van der Waals surface area contributed by atoms with E-state index < -0.39 is 8.87 Å². The fourth-order valence-electron chi connectivity index (χ4n) is 3.00. The van der Waals surface area contributed by atoms with Gasteiger partial charge in [0.1, 0.15) is 6.10 Å². The average molecular weight is 327 g/mol.